The summed E-state index contributed by atoms with van der Waals surface area (Å²) >= 11 is 3.42. The van der Waals surface area contributed by atoms with Crippen LogP contribution in [0.3, 0.4) is 0 Å². The maximum absolute atomic E-state index is 3.42. The second kappa shape index (κ2) is 14.9. The molecular weight excluding hydrogens is 226 g/mol. The van der Waals surface area contributed by atoms with Crippen molar-refractivity contribution < 1.29 is 0 Å². The summed E-state index contributed by atoms with van der Waals surface area (Å²) in [6, 6.07) is 0. The van der Waals surface area contributed by atoms with E-state index in [-0.39, 0.29) is 0 Å². The molecule has 0 heterocycles. The van der Waals surface area contributed by atoms with Crippen molar-refractivity contribution in [2.75, 3.05) is 26.5 Å². The van der Waals surface area contributed by atoms with E-state index >= 15 is 0 Å². The highest BCUT2D eigenvalue weighted by atomic mass is 79.9. The van der Waals surface area contributed by atoms with Gasteiger partial charge in [-0.3, -0.25) is 0 Å². The second-order valence-corrected chi connectivity index (χ2v) is 4.59. The Labute approximate surface area is 93.0 Å². The van der Waals surface area contributed by atoms with E-state index < -0.39 is 0 Å². The molecule has 0 aliphatic carbocycles. The molecule has 0 saturated carbocycles. The number of rotatable bonds is 6. The maximum atomic E-state index is 3.42. The molecule has 82 valence electrons. The molecule has 0 atom stereocenters. The molecule has 0 unspecified atom stereocenters. The van der Waals surface area contributed by atoms with E-state index in [0.29, 0.717) is 0 Å². The first-order chi connectivity index (χ1) is 6.15. The molecule has 0 aromatic carbocycles. The molecule has 0 aliphatic heterocycles. The van der Waals surface area contributed by atoms with Gasteiger partial charge in [-0.25, -0.2) is 0 Å². The van der Waals surface area contributed by atoms with E-state index in [4.69, 9.17) is 0 Å². The minimum atomic E-state index is 1.18. The van der Waals surface area contributed by atoms with E-state index in [1.54, 1.807) is 0 Å². The first kappa shape index (κ1) is 15.9. The lowest BCUT2D eigenvalue weighted by Gasteiger charge is -1.95. The zero-order chi connectivity index (χ0) is 10.5. The molecule has 0 saturated heterocycles. The lowest BCUT2D eigenvalue weighted by atomic mass is 10.1. The molecule has 0 spiro atoms. The summed E-state index contributed by atoms with van der Waals surface area (Å²) in [5, 5.41) is 1.18. The molecule has 0 aliphatic rings. The summed E-state index contributed by atoms with van der Waals surface area (Å²) in [4.78, 5) is 2.00. The van der Waals surface area contributed by atoms with E-state index in [1.807, 2.05) is 26.0 Å². The van der Waals surface area contributed by atoms with Crippen LogP contribution in [0.25, 0.3) is 0 Å². The van der Waals surface area contributed by atoms with Gasteiger partial charge in [0.2, 0.25) is 0 Å². The fourth-order valence-corrected chi connectivity index (χ4v) is 1.27. The van der Waals surface area contributed by atoms with Gasteiger partial charge in [0.1, 0.15) is 0 Å². The third-order valence-electron chi connectivity index (χ3n) is 1.49. The number of nitrogens with zero attached hydrogens (tertiary/aromatic N) is 1. The maximum Gasteiger partial charge on any atom is 0.00313 e. The Morgan fingerprint density at radius 3 is 1.62 bits per heavy atom. The molecule has 0 amide bonds. The van der Waals surface area contributed by atoms with Crippen molar-refractivity contribution in [1.29, 1.82) is 0 Å². The van der Waals surface area contributed by atoms with Crippen LogP contribution < -0.4 is 0 Å². The fraction of sp³-hybridized carbons (Fsp3) is 1.00. The first-order valence-corrected chi connectivity index (χ1v) is 6.44. The Morgan fingerprint density at radius 1 is 0.846 bits per heavy atom. The molecular formula is C11H26BrN. The highest BCUT2D eigenvalue weighted by Crippen LogP contribution is 2.05. The third-order valence-corrected chi connectivity index (χ3v) is 2.05. The standard InChI is InChI=1S/C8H17Br.C3H9N/c1-2-3-4-5-6-7-8-9;1-4(2)3/h2-8H2,1H3;1-3H3. The molecule has 2 heteroatoms. The monoisotopic (exact) mass is 251 g/mol. The number of alkyl halides is 1. The Balaban J connectivity index is 0. The minimum absolute atomic E-state index is 1.18. The topological polar surface area (TPSA) is 3.24 Å². The van der Waals surface area contributed by atoms with Gasteiger partial charge in [-0.05, 0) is 27.6 Å². The second-order valence-electron chi connectivity index (χ2n) is 3.80. The SMILES string of the molecule is CCCCCCCCBr.CN(C)C. The largest absolute Gasteiger partial charge is 0.312 e. The molecule has 13 heavy (non-hydrogen) atoms. The normalized spacial score (nSPS) is 9.69. The van der Waals surface area contributed by atoms with E-state index in [2.05, 4.69) is 22.9 Å². The van der Waals surface area contributed by atoms with Crippen LogP contribution in [0.2, 0.25) is 0 Å². The Bertz CT molecular complexity index is 65.7. The van der Waals surface area contributed by atoms with Gasteiger partial charge in [0.25, 0.3) is 0 Å². The van der Waals surface area contributed by atoms with Gasteiger partial charge in [0.05, 0.1) is 0 Å². The Morgan fingerprint density at radius 2 is 1.23 bits per heavy atom. The van der Waals surface area contributed by atoms with Crippen molar-refractivity contribution >= 4 is 15.9 Å². The van der Waals surface area contributed by atoms with Crippen molar-refractivity contribution in [3.63, 3.8) is 0 Å². The number of unbranched alkanes of at least 4 members (excludes halogenated alkanes) is 5. The summed E-state index contributed by atoms with van der Waals surface area (Å²) in [7, 11) is 6.00. The highest BCUT2D eigenvalue weighted by Gasteiger charge is 1.86. The smallest absolute Gasteiger partial charge is 0.00313 e. The molecule has 0 aromatic rings. The summed E-state index contributed by atoms with van der Waals surface area (Å²) in [6.07, 6.45) is 8.40. The first-order valence-electron chi connectivity index (χ1n) is 5.32. The van der Waals surface area contributed by atoms with Crippen molar-refractivity contribution in [3.8, 4) is 0 Å². The van der Waals surface area contributed by atoms with Crippen LogP contribution in [-0.4, -0.2) is 31.4 Å². The van der Waals surface area contributed by atoms with Crippen LogP contribution in [0.5, 0.6) is 0 Å². The Hall–Kier alpha value is 0.440. The molecule has 0 radical (unpaired) electrons. The zero-order valence-electron chi connectivity index (χ0n) is 9.77. The molecule has 0 aromatic heterocycles. The van der Waals surface area contributed by atoms with Crippen LogP contribution in [-0.2, 0) is 0 Å². The molecule has 0 fully saturated rings. The third kappa shape index (κ3) is 32.7. The number of hydrogen-bond donors (Lipinski definition) is 0. The Kier molecular flexibility index (Phi) is 18.3. The quantitative estimate of drug-likeness (QED) is 0.511. The van der Waals surface area contributed by atoms with Crippen LogP contribution in [0.1, 0.15) is 45.4 Å². The van der Waals surface area contributed by atoms with Gasteiger partial charge in [-0.15, -0.1) is 0 Å². The molecule has 1 nitrogen and oxygen atoms in total. The van der Waals surface area contributed by atoms with Crippen molar-refractivity contribution in [1.82, 2.24) is 4.90 Å². The fourth-order valence-electron chi connectivity index (χ4n) is 0.875. The minimum Gasteiger partial charge on any atom is -0.312 e. The van der Waals surface area contributed by atoms with E-state index in [1.165, 1.54) is 43.9 Å². The van der Waals surface area contributed by atoms with Crippen LogP contribution in [0.4, 0.5) is 0 Å². The van der Waals surface area contributed by atoms with Gasteiger partial charge in [0, 0.05) is 5.33 Å². The summed E-state index contributed by atoms with van der Waals surface area (Å²) in [5.74, 6) is 0. The zero-order valence-corrected chi connectivity index (χ0v) is 11.4. The summed E-state index contributed by atoms with van der Waals surface area (Å²) < 4.78 is 0. The lowest BCUT2D eigenvalue weighted by Crippen LogP contribution is -1.99. The van der Waals surface area contributed by atoms with Gasteiger partial charge < -0.3 is 4.90 Å². The van der Waals surface area contributed by atoms with Crippen LogP contribution >= 0.6 is 15.9 Å². The van der Waals surface area contributed by atoms with Crippen LogP contribution in [0.15, 0.2) is 0 Å². The molecule has 0 N–H and O–H groups in total. The summed E-state index contributed by atoms with van der Waals surface area (Å²) in [6.45, 7) is 2.25. The van der Waals surface area contributed by atoms with Crippen LogP contribution in [0, 0.1) is 0 Å². The van der Waals surface area contributed by atoms with Gasteiger partial charge in [0.15, 0.2) is 0 Å². The predicted octanol–water partition coefficient (Wildman–Crippen LogP) is 3.92. The average Bonchev–Trinajstić information content (AvgIpc) is 2.03. The number of halogens is 1. The molecule has 0 rings (SSSR count). The van der Waals surface area contributed by atoms with Crippen molar-refractivity contribution in [3.05, 3.63) is 0 Å². The lowest BCUT2D eigenvalue weighted by molar-refractivity contribution is 0.505. The highest BCUT2D eigenvalue weighted by molar-refractivity contribution is 9.09. The predicted molar refractivity (Wildman–Crippen MR) is 66.8 cm³/mol. The van der Waals surface area contributed by atoms with Gasteiger partial charge >= 0.3 is 0 Å². The molecule has 0 bridgehead atoms. The van der Waals surface area contributed by atoms with E-state index in [9.17, 15) is 0 Å². The van der Waals surface area contributed by atoms with Gasteiger partial charge in [-0.2, -0.15) is 0 Å². The van der Waals surface area contributed by atoms with Crippen molar-refractivity contribution in [2.24, 2.45) is 0 Å². The van der Waals surface area contributed by atoms with E-state index in [0.717, 1.165) is 0 Å². The van der Waals surface area contributed by atoms with Crippen molar-refractivity contribution in [2.45, 2.75) is 45.4 Å². The summed E-state index contributed by atoms with van der Waals surface area (Å²) in [5.41, 5.74) is 0. The van der Waals surface area contributed by atoms with Gasteiger partial charge in [-0.1, -0.05) is 55.0 Å². The average molecular weight is 252 g/mol. The number of hydrogen-bond acceptors (Lipinski definition) is 1.